The Morgan fingerprint density at radius 2 is 2.06 bits per heavy atom. The minimum atomic E-state index is 0.582. The van der Waals surface area contributed by atoms with Crippen molar-refractivity contribution >= 4 is 5.69 Å². The van der Waals surface area contributed by atoms with E-state index >= 15 is 0 Å². The third kappa shape index (κ3) is 4.31. The van der Waals surface area contributed by atoms with Crippen LogP contribution in [0.3, 0.4) is 0 Å². The molecule has 3 nitrogen and oxygen atoms in total. The van der Waals surface area contributed by atoms with Gasteiger partial charge in [-0.3, -0.25) is 0 Å². The van der Waals surface area contributed by atoms with Crippen molar-refractivity contribution in [3.8, 4) is 0 Å². The zero-order valence-electron chi connectivity index (χ0n) is 12.1. The maximum absolute atomic E-state index is 5.86. The summed E-state index contributed by atoms with van der Waals surface area (Å²) in [5.41, 5.74) is 9.58. The average Bonchev–Trinajstić information content (AvgIpc) is 2.34. The van der Waals surface area contributed by atoms with E-state index in [4.69, 9.17) is 10.5 Å². The molecule has 0 aliphatic carbocycles. The van der Waals surface area contributed by atoms with Crippen LogP contribution < -0.4 is 10.6 Å². The third-order valence-electron chi connectivity index (χ3n) is 2.95. The highest BCUT2D eigenvalue weighted by molar-refractivity contribution is 5.55. The van der Waals surface area contributed by atoms with Crippen LogP contribution in [0, 0.1) is 12.8 Å². The van der Waals surface area contributed by atoms with E-state index in [-0.39, 0.29) is 0 Å². The van der Waals surface area contributed by atoms with Gasteiger partial charge in [0.1, 0.15) is 0 Å². The average molecular weight is 250 g/mol. The number of aryl methyl sites for hydroxylation is 1. The van der Waals surface area contributed by atoms with Gasteiger partial charge in [0.15, 0.2) is 0 Å². The predicted molar refractivity (Wildman–Crippen MR) is 78.0 cm³/mol. The van der Waals surface area contributed by atoms with E-state index in [1.807, 2.05) is 0 Å². The first-order chi connectivity index (χ1) is 8.58. The second-order valence-electron chi connectivity index (χ2n) is 5.17. The van der Waals surface area contributed by atoms with Crippen LogP contribution in [0.15, 0.2) is 18.2 Å². The Morgan fingerprint density at radius 1 is 1.33 bits per heavy atom. The van der Waals surface area contributed by atoms with E-state index in [0.29, 0.717) is 12.5 Å². The van der Waals surface area contributed by atoms with Gasteiger partial charge >= 0.3 is 0 Å². The SMILES string of the molecule is COCCN(CC(C)C)c1ccc(C)cc1CN. The van der Waals surface area contributed by atoms with Gasteiger partial charge in [-0.15, -0.1) is 0 Å². The number of ether oxygens (including phenoxy) is 1. The van der Waals surface area contributed by atoms with Gasteiger partial charge in [-0.1, -0.05) is 31.5 Å². The number of methoxy groups -OCH3 is 1. The number of hydrogen-bond donors (Lipinski definition) is 1. The highest BCUT2D eigenvalue weighted by atomic mass is 16.5. The maximum atomic E-state index is 5.86. The zero-order valence-corrected chi connectivity index (χ0v) is 12.1. The Bertz CT molecular complexity index is 364. The lowest BCUT2D eigenvalue weighted by molar-refractivity contribution is 0.204. The van der Waals surface area contributed by atoms with Crippen molar-refractivity contribution in [1.82, 2.24) is 0 Å². The van der Waals surface area contributed by atoms with Crippen molar-refractivity contribution in [3.63, 3.8) is 0 Å². The topological polar surface area (TPSA) is 38.5 Å². The first-order valence-electron chi connectivity index (χ1n) is 6.62. The Kier molecular flexibility index (Phi) is 6.16. The third-order valence-corrected chi connectivity index (χ3v) is 2.95. The molecule has 0 amide bonds. The van der Waals surface area contributed by atoms with E-state index in [1.54, 1.807) is 7.11 Å². The minimum absolute atomic E-state index is 0.582. The van der Waals surface area contributed by atoms with Crippen molar-refractivity contribution in [1.29, 1.82) is 0 Å². The molecule has 0 bridgehead atoms. The molecule has 0 aliphatic rings. The summed E-state index contributed by atoms with van der Waals surface area (Å²) in [6, 6.07) is 6.50. The molecule has 3 heteroatoms. The molecule has 18 heavy (non-hydrogen) atoms. The second-order valence-corrected chi connectivity index (χ2v) is 5.17. The number of hydrogen-bond acceptors (Lipinski definition) is 3. The molecule has 0 unspecified atom stereocenters. The molecule has 0 aliphatic heterocycles. The molecular formula is C15H26N2O. The maximum Gasteiger partial charge on any atom is 0.0637 e. The monoisotopic (exact) mass is 250 g/mol. The van der Waals surface area contributed by atoms with Gasteiger partial charge in [0, 0.05) is 32.4 Å². The molecule has 0 spiro atoms. The smallest absolute Gasteiger partial charge is 0.0637 e. The molecule has 102 valence electrons. The first kappa shape index (κ1) is 15.0. The van der Waals surface area contributed by atoms with Crippen molar-refractivity contribution in [2.24, 2.45) is 11.7 Å². The van der Waals surface area contributed by atoms with Crippen molar-refractivity contribution < 1.29 is 4.74 Å². The standard InChI is InChI=1S/C15H26N2O/c1-12(2)11-17(7-8-18-4)15-6-5-13(3)9-14(15)10-16/h5-6,9,12H,7-8,10-11,16H2,1-4H3. The van der Waals surface area contributed by atoms with Crippen LogP contribution in [0.25, 0.3) is 0 Å². The Balaban J connectivity index is 2.95. The van der Waals surface area contributed by atoms with Gasteiger partial charge in [-0.05, 0) is 24.5 Å². The van der Waals surface area contributed by atoms with Crippen LogP contribution in [0.5, 0.6) is 0 Å². The van der Waals surface area contributed by atoms with Crippen LogP contribution in [-0.4, -0.2) is 26.8 Å². The molecule has 0 aromatic heterocycles. The lowest BCUT2D eigenvalue weighted by Crippen LogP contribution is -2.32. The highest BCUT2D eigenvalue weighted by Gasteiger charge is 2.12. The molecule has 2 N–H and O–H groups in total. The fourth-order valence-electron chi connectivity index (χ4n) is 2.14. The highest BCUT2D eigenvalue weighted by Crippen LogP contribution is 2.22. The van der Waals surface area contributed by atoms with Gasteiger partial charge in [-0.25, -0.2) is 0 Å². The molecular weight excluding hydrogens is 224 g/mol. The molecule has 0 heterocycles. The van der Waals surface area contributed by atoms with E-state index < -0.39 is 0 Å². The summed E-state index contributed by atoms with van der Waals surface area (Å²) >= 11 is 0. The fourth-order valence-corrected chi connectivity index (χ4v) is 2.14. The molecule has 1 rings (SSSR count). The molecule has 1 aromatic rings. The largest absolute Gasteiger partial charge is 0.383 e. The Hall–Kier alpha value is -1.06. The van der Waals surface area contributed by atoms with Gasteiger partial charge in [-0.2, -0.15) is 0 Å². The van der Waals surface area contributed by atoms with Crippen LogP contribution in [0.4, 0.5) is 5.69 Å². The molecule has 0 atom stereocenters. The van der Waals surface area contributed by atoms with Crippen LogP contribution >= 0.6 is 0 Å². The summed E-state index contributed by atoms with van der Waals surface area (Å²) in [5, 5.41) is 0. The summed E-state index contributed by atoms with van der Waals surface area (Å²) in [6.45, 7) is 9.82. The van der Waals surface area contributed by atoms with Crippen molar-refractivity contribution in [2.45, 2.75) is 27.3 Å². The number of nitrogens with two attached hydrogens (primary N) is 1. The summed E-state index contributed by atoms with van der Waals surface area (Å²) in [7, 11) is 1.74. The van der Waals surface area contributed by atoms with Crippen LogP contribution in [0.1, 0.15) is 25.0 Å². The number of benzene rings is 1. The van der Waals surface area contributed by atoms with E-state index in [9.17, 15) is 0 Å². The quantitative estimate of drug-likeness (QED) is 0.808. The summed E-state index contributed by atoms with van der Waals surface area (Å²) in [5.74, 6) is 0.619. The predicted octanol–water partition coefficient (Wildman–Crippen LogP) is 2.56. The van der Waals surface area contributed by atoms with E-state index in [1.165, 1.54) is 16.8 Å². The molecule has 0 saturated heterocycles. The second kappa shape index (κ2) is 7.39. The lowest BCUT2D eigenvalue weighted by Gasteiger charge is -2.28. The zero-order chi connectivity index (χ0) is 13.5. The van der Waals surface area contributed by atoms with Gasteiger partial charge in [0.2, 0.25) is 0 Å². The Morgan fingerprint density at radius 3 is 2.61 bits per heavy atom. The van der Waals surface area contributed by atoms with Crippen LogP contribution in [-0.2, 0) is 11.3 Å². The van der Waals surface area contributed by atoms with E-state index in [2.05, 4.69) is 43.9 Å². The number of anilines is 1. The summed E-state index contributed by atoms with van der Waals surface area (Å²) in [4.78, 5) is 2.37. The summed E-state index contributed by atoms with van der Waals surface area (Å²) in [6.07, 6.45) is 0. The molecule has 0 saturated carbocycles. The molecule has 0 fully saturated rings. The van der Waals surface area contributed by atoms with Gasteiger partial charge < -0.3 is 15.4 Å². The number of nitrogens with zero attached hydrogens (tertiary/aromatic N) is 1. The van der Waals surface area contributed by atoms with Crippen LogP contribution in [0.2, 0.25) is 0 Å². The Labute approximate surface area is 111 Å². The number of rotatable bonds is 7. The normalized spacial score (nSPS) is 11.0. The summed E-state index contributed by atoms with van der Waals surface area (Å²) < 4.78 is 5.20. The minimum Gasteiger partial charge on any atom is -0.383 e. The lowest BCUT2D eigenvalue weighted by atomic mass is 10.1. The fraction of sp³-hybridized carbons (Fsp3) is 0.600. The van der Waals surface area contributed by atoms with Crippen molar-refractivity contribution in [3.05, 3.63) is 29.3 Å². The van der Waals surface area contributed by atoms with Gasteiger partial charge in [0.05, 0.1) is 6.61 Å². The van der Waals surface area contributed by atoms with Gasteiger partial charge in [0.25, 0.3) is 0 Å². The van der Waals surface area contributed by atoms with Crippen molar-refractivity contribution in [2.75, 3.05) is 31.7 Å². The molecule has 1 aromatic carbocycles. The molecule has 0 radical (unpaired) electrons. The van der Waals surface area contributed by atoms with E-state index in [0.717, 1.165) is 19.7 Å². The first-order valence-corrected chi connectivity index (χ1v) is 6.62.